The number of carbonyl (C=O) groups excluding carboxylic acids is 1. The molecule has 0 aromatic heterocycles. The topological polar surface area (TPSA) is 29.1 Å². The predicted molar refractivity (Wildman–Crippen MR) is 57.3 cm³/mol. The molecule has 0 radical (unpaired) electrons. The third-order valence-electron chi connectivity index (χ3n) is 1.79. The van der Waals surface area contributed by atoms with Crippen molar-refractivity contribution in [3.8, 4) is 11.8 Å². The first kappa shape index (κ1) is 10.5. The first-order valence-corrected chi connectivity index (χ1v) is 4.48. The number of benzene rings is 1. The highest BCUT2D eigenvalue weighted by atomic mass is 16.1. The average Bonchev–Trinajstić information content (AvgIpc) is 2.19. The summed E-state index contributed by atoms with van der Waals surface area (Å²) in [7, 11) is 1.85. The van der Waals surface area contributed by atoms with E-state index >= 15 is 0 Å². The molecule has 0 bridgehead atoms. The van der Waals surface area contributed by atoms with Crippen molar-refractivity contribution in [2.45, 2.75) is 6.92 Å². The largest absolute Gasteiger partial charge is 0.309 e. The molecule has 1 aromatic rings. The molecule has 0 amide bonds. The molecule has 2 heteroatoms. The molecule has 0 heterocycles. The Morgan fingerprint density at radius 1 is 1.36 bits per heavy atom. The van der Waals surface area contributed by atoms with Gasteiger partial charge in [0.15, 0.2) is 5.78 Å². The van der Waals surface area contributed by atoms with Crippen molar-refractivity contribution in [3.63, 3.8) is 0 Å². The molecule has 0 saturated heterocycles. The summed E-state index contributed by atoms with van der Waals surface area (Å²) in [5.41, 5.74) is 1.66. The van der Waals surface area contributed by atoms with Crippen LogP contribution in [0.5, 0.6) is 0 Å². The van der Waals surface area contributed by atoms with Gasteiger partial charge < -0.3 is 5.32 Å². The van der Waals surface area contributed by atoms with E-state index in [4.69, 9.17) is 0 Å². The zero-order valence-electron chi connectivity index (χ0n) is 8.42. The van der Waals surface area contributed by atoms with E-state index in [1.54, 1.807) is 19.1 Å². The number of hydrogen-bond donors (Lipinski definition) is 1. The molecule has 2 nitrogen and oxygen atoms in total. The van der Waals surface area contributed by atoms with Crippen LogP contribution in [0.2, 0.25) is 0 Å². The van der Waals surface area contributed by atoms with Crippen LogP contribution in [0.4, 0.5) is 0 Å². The van der Waals surface area contributed by atoms with E-state index in [9.17, 15) is 4.79 Å². The van der Waals surface area contributed by atoms with Gasteiger partial charge in [-0.2, -0.15) is 0 Å². The smallest absolute Gasteiger partial charge is 0.159 e. The summed E-state index contributed by atoms with van der Waals surface area (Å²) < 4.78 is 0. The van der Waals surface area contributed by atoms with Gasteiger partial charge in [-0.25, -0.2) is 0 Å². The first-order chi connectivity index (χ1) is 6.74. The van der Waals surface area contributed by atoms with Gasteiger partial charge in [0, 0.05) is 11.1 Å². The van der Waals surface area contributed by atoms with Crippen LogP contribution in [0, 0.1) is 11.8 Å². The van der Waals surface area contributed by atoms with Crippen LogP contribution in [0.1, 0.15) is 22.8 Å². The summed E-state index contributed by atoms with van der Waals surface area (Å²) in [5, 5.41) is 2.94. The summed E-state index contributed by atoms with van der Waals surface area (Å²) in [4.78, 5) is 11.0. The van der Waals surface area contributed by atoms with E-state index < -0.39 is 0 Å². The van der Waals surface area contributed by atoms with Crippen molar-refractivity contribution in [3.05, 3.63) is 35.4 Å². The van der Waals surface area contributed by atoms with Crippen molar-refractivity contribution in [2.75, 3.05) is 13.6 Å². The number of Topliss-reactive ketones (excluding diaryl/α,β-unsaturated/α-hetero) is 1. The Bertz CT molecular complexity index is 368. The number of rotatable bonds is 2. The lowest BCUT2D eigenvalue weighted by atomic mass is 10.1. The Kier molecular flexibility index (Phi) is 3.90. The molecule has 0 atom stereocenters. The highest BCUT2D eigenvalue weighted by molar-refractivity contribution is 5.94. The standard InChI is InChI=1S/C12H13NO/c1-10(14)12-7-5-11(6-8-12)4-3-9-13-2/h5-8,13H,9H2,1-2H3. The minimum absolute atomic E-state index is 0.0831. The van der Waals surface area contributed by atoms with Crippen LogP contribution >= 0.6 is 0 Å². The van der Waals surface area contributed by atoms with E-state index in [1.165, 1.54) is 0 Å². The highest BCUT2D eigenvalue weighted by Gasteiger charge is 1.96. The molecule has 0 unspecified atom stereocenters. The maximum Gasteiger partial charge on any atom is 0.159 e. The van der Waals surface area contributed by atoms with Gasteiger partial charge in [-0.15, -0.1) is 0 Å². The summed E-state index contributed by atoms with van der Waals surface area (Å²) >= 11 is 0. The fourth-order valence-electron chi connectivity index (χ4n) is 1.02. The first-order valence-electron chi connectivity index (χ1n) is 4.48. The van der Waals surface area contributed by atoms with Crippen molar-refractivity contribution < 1.29 is 4.79 Å². The Balaban J connectivity index is 2.75. The minimum Gasteiger partial charge on any atom is -0.309 e. The van der Waals surface area contributed by atoms with E-state index in [1.807, 2.05) is 19.2 Å². The third-order valence-corrected chi connectivity index (χ3v) is 1.79. The van der Waals surface area contributed by atoms with Gasteiger partial charge in [-0.05, 0) is 26.1 Å². The number of ketones is 1. The van der Waals surface area contributed by atoms with Gasteiger partial charge in [0.2, 0.25) is 0 Å². The second-order valence-corrected chi connectivity index (χ2v) is 2.97. The van der Waals surface area contributed by atoms with Crippen LogP contribution in [-0.2, 0) is 0 Å². The minimum atomic E-state index is 0.0831. The van der Waals surface area contributed by atoms with E-state index in [2.05, 4.69) is 17.2 Å². The SMILES string of the molecule is CNCC#Cc1ccc(C(C)=O)cc1. The highest BCUT2D eigenvalue weighted by Crippen LogP contribution is 2.03. The zero-order valence-corrected chi connectivity index (χ0v) is 8.42. The third kappa shape index (κ3) is 3.04. The molecule has 1 N–H and O–H groups in total. The van der Waals surface area contributed by atoms with Gasteiger partial charge >= 0.3 is 0 Å². The summed E-state index contributed by atoms with van der Waals surface area (Å²) in [6.07, 6.45) is 0. The van der Waals surface area contributed by atoms with Gasteiger partial charge in [0.25, 0.3) is 0 Å². The van der Waals surface area contributed by atoms with Crippen LogP contribution < -0.4 is 5.32 Å². The van der Waals surface area contributed by atoms with Crippen LogP contribution in [0.3, 0.4) is 0 Å². The van der Waals surface area contributed by atoms with Crippen LogP contribution in [0.15, 0.2) is 24.3 Å². The summed E-state index contributed by atoms with van der Waals surface area (Å²) in [6, 6.07) is 7.32. The van der Waals surface area contributed by atoms with Crippen molar-refractivity contribution in [1.29, 1.82) is 0 Å². The Labute approximate surface area is 84.3 Å². The lowest BCUT2D eigenvalue weighted by Crippen LogP contribution is -2.04. The maximum atomic E-state index is 11.0. The molecule has 72 valence electrons. The molecule has 0 aliphatic heterocycles. The number of carbonyl (C=O) groups is 1. The fraction of sp³-hybridized carbons (Fsp3) is 0.250. The molecule has 14 heavy (non-hydrogen) atoms. The number of hydrogen-bond acceptors (Lipinski definition) is 2. The monoisotopic (exact) mass is 187 g/mol. The van der Waals surface area contributed by atoms with Crippen LogP contribution in [-0.4, -0.2) is 19.4 Å². The van der Waals surface area contributed by atoms with Crippen LogP contribution in [0.25, 0.3) is 0 Å². The van der Waals surface area contributed by atoms with Crippen molar-refractivity contribution in [2.24, 2.45) is 0 Å². The average molecular weight is 187 g/mol. The lowest BCUT2D eigenvalue weighted by Gasteiger charge is -1.94. The van der Waals surface area contributed by atoms with Gasteiger partial charge in [-0.3, -0.25) is 4.79 Å². The molecule has 0 saturated carbocycles. The second kappa shape index (κ2) is 5.21. The van der Waals surface area contributed by atoms with Gasteiger partial charge in [0.05, 0.1) is 6.54 Å². The Morgan fingerprint density at radius 3 is 2.50 bits per heavy atom. The van der Waals surface area contributed by atoms with Gasteiger partial charge in [-0.1, -0.05) is 24.0 Å². The Hall–Kier alpha value is -1.59. The molecule has 0 aliphatic rings. The van der Waals surface area contributed by atoms with E-state index in [0.29, 0.717) is 6.54 Å². The Morgan fingerprint density at radius 2 is 2.00 bits per heavy atom. The lowest BCUT2D eigenvalue weighted by molar-refractivity contribution is 0.101. The predicted octanol–water partition coefficient (Wildman–Crippen LogP) is 1.46. The molecule has 0 aliphatic carbocycles. The zero-order chi connectivity index (χ0) is 10.4. The molecule has 1 rings (SSSR count). The molecule has 0 spiro atoms. The second-order valence-electron chi connectivity index (χ2n) is 2.97. The molecular formula is C12H13NO. The summed E-state index contributed by atoms with van der Waals surface area (Å²) in [5.74, 6) is 6.02. The van der Waals surface area contributed by atoms with Gasteiger partial charge in [0.1, 0.15) is 0 Å². The quantitative estimate of drug-likeness (QED) is 0.561. The maximum absolute atomic E-state index is 11.0. The fourth-order valence-corrected chi connectivity index (χ4v) is 1.02. The number of nitrogens with one attached hydrogen (secondary N) is 1. The molecule has 1 aromatic carbocycles. The van der Waals surface area contributed by atoms with Crippen molar-refractivity contribution >= 4 is 5.78 Å². The summed E-state index contributed by atoms with van der Waals surface area (Å²) in [6.45, 7) is 2.23. The van der Waals surface area contributed by atoms with E-state index in [-0.39, 0.29) is 5.78 Å². The normalized spacial score (nSPS) is 9.00. The van der Waals surface area contributed by atoms with E-state index in [0.717, 1.165) is 11.1 Å². The molecule has 0 fully saturated rings. The van der Waals surface area contributed by atoms with Crippen molar-refractivity contribution in [1.82, 2.24) is 5.32 Å². The molecular weight excluding hydrogens is 174 g/mol.